The number of thiophene rings is 1. The highest BCUT2D eigenvalue weighted by Crippen LogP contribution is 2.39. The minimum atomic E-state index is 0.272. The first-order valence-corrected chi connectivity index (χ1v) is 10.3. The molecular formula is C21H17Cl2N3S. The van der Waals surface area contributed by atoms with Gasteiger partial charge in [0.05, 0.1) is 5.39 Å². The Balaban J connectivity index is 1.85. The average molecular weight is 414 g/mol. The zero-order valence-electron chi connectivity index (χ0n) is 14.7. The molecule has 0 aliphatic heterocycles. The summed E-state index contributed by atoms with van der Waals surface area (Å²) in [4.78, 5) is 12.2. The smallest absolute Gasteiger partial charge is 0.225 e. The summed E-state index contributed by atoms with van der Waals surface area (Å²) in [5.41, 5.74) is 3.42. The Morgan fingerprint density at radius 1 is 0.963 bits per heavy atom. The van der Waals surface area contributed by atoms with Crippen LogP contribution in [0.25, 0.3) is 21.3 Å². The molecule has 0 fully saturated rings. The number of halogens is 2. The molecule has 0 saturated carbocycles. The van der Waals surface area contributed by atoms with E-state index in [-0.39, 0.29) is 5.28 Å². The van der Waals surface area contributed by atoms with Gasteiger partial charge in [0.15, 0.2) is 0 Å². The van der Waals surface area contributed by atoms with Gasteiger partial charge in [0.2, 0.25) is 5.28 Å². The highest BCUT2D eigenvalue weighted by Gasteiger charge is 2.19. The van der Waals surface area contributed by atoms with E-state index in [1.165, 1.54) is 5.56 Å². The number of nitrogens with zero attached hydrogens (tertiary/aromatic N) is 3. The zero-order valence-corrected chi connectivity index (χ0v) is 17.0. The quantitative estimate of drug-likeness (QED) is 0.341. The van der Waals surface area contributed by atoms with Crippen molar-refractivity contribution in [2.24, 2.45) is 0 Å². The van der Waals surface area contributed by atoms with Crippen LogP contribution in [0.15, 0.2) is 60.0 Å². The number of anilines is 1. The number of hydrogen-bond acceptors (Lipinski definition) is 4. The van der Waals surface area contributed by atoms with Gasteiger partial charge in [0.25, 0.3) is 0 Å². The Morgan fingerprint density at radius 3 is 2.41 bits per heavy atom. The predicted molar refractivity (Wildman–Crippen MR) is 116 cm³/mol. The fraction of sp³-hybridized carbons (Fsp3) is 0.143. The third-order valence-electron chi connectivity index (χ3n) is 4.44. The lowest BCUT2D eigenvalue weighted by molar-refractivity contribution is 0.817. The summed E-state index contributed by atoms with van der Waals surface area (Å²) in [6.07, 6.45) is 0. The van der Waals surface area contributed by atoms with Crippen LogP contribution < -0.4 is 4.90 Å². The van der Waals surface area contributed by atoms with E-state index < -0.39 is 0 Å². The molecule has 2 aromatic carbocycles. The van der Waals surface area contributed by atoms with Crippen molar-refractivity contribution in [2.75, 3.05) is 11.4 Å². The van der Waals surface area contributed by atoms with Crippen LogP contribution in [-0.2, 0) is 6.54 Å². The lowest BCUT2D eigenvalue weighted by Crippen LogP contribution is -2.23. The van der Waals surface area contributed by atoms with Crippen molar-refractivity contribution < 1.29 is 0 Å². The monoisotopic (exact) mass is 413 g/mol. The Morgan fingerprint density at radius 2 is 1.70 bits per heavy atom. The molecule has 2 aromatic heterocycles. The molecule has 0 amide bonds. The molecule has 4 rings (SSSR count). The van der Waals surface area contributed by atoms with Crippen molar-refractivity contribution in [3.63, 3.8) is 0 Å². The van der Waals surface area contributed by atoms with Gasteiger partial charge in [-0.1, -0.05) is 54.1 Å². The van der Waals surface area contributed by atoms with E-state index in [4.69, 9.17) is 23.2 Å². The Bertz CT molecular complexity index is 1060. The van der Waals surface area contributed by atoms with E-state index in [1.54, 1.807) is 11.3 Å². The van der Waals surface area contributed by atoms with Crippen molar-refractivity contribution in [1.29, 1.82) is 0 Å². The molecule has 27 heavy (non-hydrogen) atoms. The van der Waals surface area contributed by atoms with Gasteiger partial charge in [-0.25, -0.2) is 4.98 Å². The van der Waals surface area contributed by atoms with E-state index in [0.29, 0.717) is 0 Å². The molecule has 2 heterocycles. The van der Waals surface area contributed by atoms with Crippen LogP contribution in [0.5, 0.6) is 0 Å². The lowest BCUT2D eigenvalue weighted by atomic mass is 10.1. The van der Waals surface area contributed by atoms with Crippen LogP contribution in [0.3, 0.4) is 0 Å². The fourth-order valence-corrected chi connectivity index (χ4v) is 4.39. The molecular weight excluding hydrogens is 397 g/mol. The van der Waals surface area contributed by atoms with Gasteiger partial charge in [0, 0.05) is 29.1 Å². The van der Waals surface area contributed by atoms with Gasteiger partial charge < -0.3 is 4.90 Å². The molecule has 6 heteroatoms. The van der Waals surface area contributed by atoms with Gasteiger partial charge >= 0.3 is 0 Å². The third kappa shape index (κ3) is 3.79. The van der Waals surface area contributed by atoms with Gasteiger partial charge in [-0.15, -0.1) is 11.3 Å². The Kier molecular flexibility index (Phi) is 5.30. The van der Waals surface area contributed by atoms with Gasteiger partial charge in [-0.2, -0.15) is 4.98 Å². The van der Waals surface area contributed by atoms with Crippen LogP contribution in [0.4, 0.5) is 5.82 Å². The summed E-state index contributed by atoms with van der Waals surface area (Å²) in [5, 5.41) is 4.13. The van der Waals surface area contributed by atoms with Crippen molar-refractivity contribution in [1.82, 2.24) is 9.97 Å². The number of hydrogen-bond donors (Lipinski definition) is 0. The highest BCUT2D eigenvalue weighted by atomic mass is 35.5. The Labute approximate surface area is 172 Å². The molecule has 0 unspecified atom stereocenters. The average Bonchev–Trinajstić information content (AvgIpc) is 3.10. The second-order valence-electron chi connectivity index (χ2n) is 6.15. The maximum Gasteiger partial charge on any atom is 0.225 e. The van der Waals surface area contributed by atoms with Gasteiger partial charge in [-0.05, 0) is 41.8 Å². The first-order chi connectivity index (χ1) is 13.2. The van der Waals surface area contributed by atoms with E-state index >= 15 is 0 Å². The van der Waals surface area contributed by atoms with Crippen molar-refractivity contribution in [3.05, 3.63) is 75.8 Å². The maximum atomic E-state index is 6.24. The first kappa shape index (κ1) is 18.2. The van der Waals surface area contributed by atoms with E-state index in [2.05, 4.69) is 51.4 Å². The first-order valence-electron chi connectivity index (χ1n) is 8.65. The summed E-state index contributed by atoms with van der Waals surface area (Å²) in [6.45, 7) is 3.70. The molecule has 0 aliphatic carbocycles. The highest BCUT2D eigenvalue weighted by molar-refractivity contribution is 7.17. The molecule has 0 N–H and O–H groups in total. The number of benzene rings is 2. The molecule has 0 spiro atoms. The molecule has 0 radical (unpaired) electrons. The third-order valence-corrected chi connectivity index (χ3v) is 5.73. The largest absolute Gasteiger partial charge is 0.352 e. The minimum Gasteiger partial charge on any atom is -0.352 e. The molecule has 4 aromatic rings. The van der Waals surface area contributed by atoms with Crippen molar-refractivity contribution in [2.45, 2.75) is 13.5 Å². The topological polar surface area (TPSA) is 29.0 Å². The van der Waals surface area contributed by atoms with E-state index in [9.17, 15) is 0 Å². The SMILES string of the molecule is CCN(Cc1ccccc1)c1nc(Cl)nc2scc(-c3ccc(Cl)cc3)c12. The number of rotatable bonds is 5. The van der Waals surface area contributed by atoms with Crippen LogP contribution in [0, 0.1) is 0 Å². The van der Waals surface area contributed by atoms with Crippen molar-refractivity contribution >= 4 is 50.6 Å². The predicted octanol–water partition coefficient (Wildman–Crippen LogP) is 6.69. The van der Waals surface area contributed by atoms with Crippen LogP contribution in [0.1, 0.15) is 12.5 Å². The van der Waals surface area contributed by atoms with E-state index in [1.807, 2.05) is 30.3 Å². The molecule has 3 nitrogen and oxygen atoms in total. The lowest BCUT2D eigenvalue weighted by Gasteiger charge is -2.23. The maximum absolute atomic E-state index is 6.24. The summed E-state index contributed by atoms with van der Waals surface area (Å²) < 4.78 is 0. The second-order valence-corrected chi connectivity index (χ2v) is 7.79. The number of fused-ring (bicyclic) bond motifs is 1. The van der Waals surface area contributed by atoms with Crippen LogP contribution >= 0.6 is 34.5 Å². The van der Waals surface area contributed by atoms with Gasteiger partial charge in [0.1, 0.15) is 10.6 Å². The normalized spacial score (nSPS) is 11.1. The van der Waals surface area contributed by atoms with Crippen molar-refractivity contribution in [3.8, 4) is 11.1 Å². The van der Waals surface area contributed by atoms with E-state index in [0.717, 1.165) is 45.3 Å². The summed E-state index contributed by atoms with van der Waals surface area (Å²) >= 11 is 13.9. The van der Waals surface area contributed by atoms with Crippen LogP contribution in [-0.4, -0.2) is 16.5 Å². The van der Waals surface area contributed by atoms with Gasteiger partial charge in [-0.3, -0.25) is 0 Å². The minimum absolute atomic E-state index is 0.272. The molecule has 0 atom stereocenters. The van der Waals surface area contributed by atoms with Crippen LogP contribution in [0.2, 0.25) is 10.3 Å². The standard InChI is InChI=1S/C21H17Cl2N3S/c1-2-26(12-14-6-4-3-5-7-14)19-18-17(15-8-10-16(22)11-9-15)13-27-20(18)25-21(23)24-19/h3-11,13H,2,12H2,1H3. The summed E-state index contributed by atoms with van der Waals surface area (Å²) in [5.74, 6) is 0.863. The number of aromatic nitrogens is 2. The fourth-order valence-electron chi connectivity index (χ4n) is 3.11. The summed E-state index contributed by atoms with van der Waals surface area (Å²) in [6, 6.07) is 18.2. The Hall–Kier alpha value is -2.14. The summed E-state index contributed by atoms with van der Waals surface area (Å²) in [7, 11) is 0. The zero-order chi connectivity index (χ0) is 18.8. The molecule has 0 saturated heterocycles. The molecule has 136 valence electrons. The molecule has 0 aliphatic rings. The second kappa shape index (κ2) is 7.85. The molecule has 0 bridgehead atoms.